The van der Waals surface area contributed by atoms with Gasteiger partial charge in [0.15, 0.2) is 0 Å². The highest BCUT2D eigenvalue weighted by Crippen LogP contribution is 2.22. The van der Waals surface area contributed by atoms with Crippen LogP contribution in [0.3, 0.4) is 0 Å². The molecule has 0 atom stereocenters. The second-order valence-electron chi connectivity index (χ2n) is 4.43. The maximum Gasteiger partial charge on any atom is 0.294 e. The summed E-state index contributed by atoms with van der Waals surface area (Å²) in [6.45, 7) is 6.55. The highest BCUT2D eigenvalue weighted by molar-refractivity contribution is 7.13. The van der Waals surface area contributed by atoms with E-state index < -0.39 is 0 Å². The number of nitrogens with one attached hydrogen (secondary N) is 1. The molecule has 0 aliphatic carbocycles. The summed E-state index contributed by atoms with van der Waals surface area (Å²) in [6, 6.07) is 0.457. The van der Waals surface area contributed by atoms with Crippen LogP contribution in [-0.2, 0) is 11.3 Å². The first-order valence-corrected chi connectivity index (χ1v) is 6.86. The van der Waals surface area contributed by atoms with Crippen molar-refractivity contribution in [2.45, 2.75) is 45.4 Å². The molecule has 1 aromatic heterocycles. The minimum atomic E-state index is 0.239. The van der Waals surface area contributed by atoms with Gasteiger partial charge in [-0.2, -0.15) is 0 Å². The van der Waals surface area contributed by atoms with Crippen LogP contribution in [0.5, 0.6) is 5.19 Å². The Hall–Kier alpha value is -0.720. The van der Waals surface area contributed by atoms with E-state index in [0.29, 0.717) is 11.2 Å². The molecule has 1 aliphatic rings. The number of rotatable bonds is 5. The summed E-state index contributed by atoms with van der Waals surface area (Å²) in [7, 11) is 0. The molecule has 2 rings (SSSR count). The lowest BCUT2D eigenvalue weighted by Crippen LogP contribution is -2.25. The summed E-state index contributed by atoms with van der Waals surface area (Å²) >= 11 is 1.52. The first-order valence-electron chi connectivity index (χ1n) is 6.04. The molecule has 1 fully saturated rings. The molecule has 0 amide bonds. The van der Waals surface area contributed by atoms with E-state index in [0.717, 1.165) is 37.6 Å². The van der Waals surface area contributed by atoms with Gasteiger partial charge < -0.3 is 14.8 Å². The van der Waals surface area contributed by atoms with Crippen molar-refractivity contribution in [1.82, 2.24) is 15.5 Å². The number of nitrogens with zero attached hydrogens (tertiary/aromatic N) is 2. The summed E-state index contributed by atoms with van der Waals surface area (Å²) in [4.78, 5) is 0. The second kappa shape index (κ2) is 6.28. The van der Waals surface area contributed by atoms with Crippen molar-refractivity contribution in [2.75, 3.05) is 13.2 Å². The monoisotopic (exact) mass is 257 g/mol. The van der Waals surface area contributed by atoms with Gasteiger partial charge in [-0.15, -0.1) is 5.10 Å². The van der Waals surface area contributed by atoms with E-state index in [9.17, 15) is 0 Å². The van der Waals surface area contributed by atoms with Crippen molar-refractivity contribution in [1.29, 1.82) is 0 Å². The lowest BCUT2D eigenvalue weighted by atomic mass is 10.2. The Morgan fingerprint density at radius 2 is 2.18 bits per heavy atom. The van der Waals surface area contributed by atoms with Crippen molar-refractivity contribution in [3.8, 4) is 5.19 Å². The molecule has 0 unspecified atom stereocenters. The lowest BCUT2D eigenvalue weighted by Gasteiger charge is -2.21. The van der Waals surface area contributed by atoms with Crippen LogP contribution in [0.1, 0.15) is 31.7 Å². The van der Waals surface area contributed by atoms with Gasteiger partial charge >= 0.3 is 0 Å². The molecule has 6 heteroatoms. The minimum absolute atomic E-state index is 0.239. The maximum atomic E-state index is 5.78. The van der Waals surface area contributed by atoms with Gasteiger partial charge in [-0.25, -0.2) is 0 Å². The Morgan fingerprint density at radius 3 is 2.88 bits per heavy atom. The largest absolute Gasteiger partial charge is 0.465 e. The maximum absolute atomic E-state index is 5.78. The van der Waals surface area contributed by atoms with Crippen molar-refractivity contribution < 1.29 is 9.47 Å². The number of aromatic nitrogens is 2. The molecule has 17 heavy (non-hydrogen) atoms. The topological polar surface area (TPSA) is 56.3 Å². The van der Waals surface area contributed by atoms with Crippen LogP contribution in [0, 0.1) is 0 Å². The van der Waals surface area contributed by atoms with E-state index in [1.54, 1.807) is 0 Å². The molecule has 1 N–H and O–H groups in total. The third kappa shape index (κ3) is 4.22. The summed E-state index contributed by atoms with van der Waals surface area (Å²) < 4.78 is 11.1. The smallest absolute Gasteiger partial charge is 0.294 e. The zero-order valence-electron chi connectivity index (χ0n) is 10.3. The molecule has 1 aliphatic heterocycles. The van der Waals surface area contributed by atoms with Crippen LogP contribution in [0.4, 0.5) is 0 Å². The van der Waals surface area contributed by atoms with E-state index >= 15 is 0 Å². The first-order chi connectivity index (χ1) is 8.24. The van der Waals surface area contributed by atoms with Crippen LogP contribution < -0.4 is 10.1 Å². The predicted octanol–water partition coefficient (Wildman–Crippen LogP) is 1.59. The van der Waals surface area contributed by atoms with Crippen molar-refractivity contribution >= 4 is 11.3 Å². The van der Waals surface area contributed by atoms with Gasteiger partial charge in [-0.3, -0.25) is 0 Å². The third-order valence-electron chi connectivity index (χ3n) is 2.55. The van der Waals surface area contributed by atoms with Crippen LogP contribution >= 0.6 is 11.3 Å². The Morgan fingerprint density at radius 1 is 1.41 bits per heavy atom. The summed E-state index contributed by atoms with van der Waals surface area (Å²) in [5.74, 6) is 0. The summed E-state index contributed by atoms with van der Waals surface area (Å²) in [5.41, 5.74) is 0. The fourth-order valence-electron chi connectivity index (χ4n) is 1.59. The molecule has 1 saturated heterocycles. The molecular weight excluding hydrogens is 238 g/mol. The quantitative estimate of drug-likeness (QED) is 0.868. The van der Waals surface area contributed by atoms with E-state index in [2.05, 4.69) is 29.4 Å². The van der Waals surface area contributed by atoms with E-state index in [-0.39, 0.29) is 6.10 Å². The van der Waals surface area contributed by atoms with Gasteiger partial charge in [0.2, 0.25) is 0 Å². The van der Waals surface area contributed by atoms with Gasteiger partial charge in [0.25, 0.3) is 5.19 Å². The van der Waals surface area contributed by atoms with Crippen LogP contribution in [0.25, 0.3) is 0 Å². The molecule has 0 bridgehead atoms. The Labute approximate surface area is 106 Å². The predicted molar refractivity (Wildman–Crippen MR) is 66.4 cm³/mol. The van der Waals surface area contributed by atoms with Crippen LogP contribution in [0.15, 0.2) is 0 Å². The van der Waals surface area contributed by atoms with Gasteiger partial charge in [-0.05, 0) is 0 Å². The van der Waals surface area contributed by atoms with Crippen LogP contribution in [-0.4, -0.2) is 35.6 Å². The van der Waals surface area contributed by atoms with Crippen molar-refractivity contribution in [3.63, 3.8) is 0 Å². The number of hydrogen-bond donors (Lipinski definition) is 1. The Balaban J connectivity index is 1.80. The van der Waals surface area contributed by atoms with Crippen molar-refractivity contribution in [3.05, 3.63) is 5.01 Å². The molecular formula is C11H19N3O2S. The summed E-state index contributed by atoms with van der Waals surface area (Å²) in [6.07, 6.45) is 2.13. The standard InChI is InChI=1S/C11H19N3O2S/c1-8(2)12-7-10-13-14-11(17-10)16-9-3-5-15-6-4-9/h8-9,12H,3-7H2,1-2H3. The molecule has 0 radical (unpaired) electrons. The molecule has 0 saturated carbocycles. The zero-order valence-corrected chi connectivity index (χ0v) is 11.1. The Kier molecular flexibility index (Phi) is 4.70. The van der Waals surface area contributed by atoms with E-state index in [1.807, 2.05) is 0 Å². The Bertz CT molecular complexity index is 337. The normalized spacial score (nSPS) is 17.6. The zero-order chi connectivity index (χ0) is 12.1. The van der Waals surface area contributed by atoms with Gasteiger partial charge in [-0.1, -0.05) is 30.3 Å². The van der Waals surface area contributed by atoms with Crippen LogP contribution in [0.2, 0.25) is 0 Å². The van der Waals surface area contributed by atoms with Crippen molar-refractivity contribution in [2.24, 2.45) is 0 Å². The summed E-state index contributed by atoms with van der Waals surface area (Å²) in [5, 5.41) is 13.1. The third-order valence-corrected chi connectivity index (χ3v) is 3.36. The van der Waals surface area contributed by atoms with E-state index in [4.69, 9.17) is 9.47 Å². The van der Waals surface area contributed by atoms with E-state index in [1.165, 1.54) is 11.3 Å². The minimum Gasteiger partial charge on any atom is -0.465 e. The average Bonchev–Trinajstić information content (AvgIpc) is 2.75. The lowest BCUT2D eigenvalue weighted by molar-refractivity contribution is 0.0252. The fourth-order valence-corrected chi connectivity index (χ4v) is 2.29. The molecule has 0 aromatic carbocycles. The second-order valence-corrected chi connectivity index (χ2v) is 5.45. The average molecular weight is 257 g/mol. The fraction of sp³-hybridized carbons (Fsp3) is 0.818. The number of ether oxygens (including phenoxy) is 2. The highest BCUT2D eigenvalue weighted by Gasteiger charge is 2.17. The molecule has 1 aromatic rings. The molecule has 0 spiro atoms. The SMILES string of the molecule is CC(C)NCc1nnc(OC2CCOCC2)s1. The molecule has 96 valence electrons. The highest BCUT2D eigenvalue weighted by atomic mass is 32.1. The van der Waals surface area contributed by atoms with Gasteiger partial charge in [0.05, 0.1) is 19.8 Å². The first kappa shape index (κ1) is 12.7. The number of hydrogen-bond acceptors (Lipinski definition) is 6. The molecule has 2 heterocycles. The van der Waals surface area contributed by atoms with Gasteiger partial charge in [0.1, 0.15) is 11.1 Å². The van der Waals surface area contributed by atoms with Gasteiger partial charge in [0, 0.05) is 18.9 Å². The molecule has 5 nitrogen and oxygen atoms in total.